The topological polar surface area (TPSA) is 47.9 Å². The maximum absolute atomic E-state index is 9.10. The van der Waals surface area contributed by atoms with Gasteiger partial charge in [0.1, 0.15) is 5.54 Å². The lowest BCUT2D eigenvalue weighted by Gasteiger charge is -2.32. The van der Waals surface area contributed by atoms with Gasteiger partial charge in [0.15, 0.2) is 0 Å². The van der Waals surface area contributed by atoms with Crippen LogP contribution in [0.2, 0.25) is 0 Å². The Bertz CT molecular complexity index is 187. The van der Waals surface area contributed by atoms with E-state index in [0.717, 1.165) is 32.5 Å². The van der Waals surface area contributed by atoms with Crippen LogP contribution >= 0.6 is 0 Å². The molecule has 0 saturated carbocycles. The Morgan fingerprint density at radius 1 is 1.62 bits per heavy atom. The fraction of sp³-hybridized carbons (Fsp3) is 0.900. The number of rotatable bonds is 3. The first-order valence-electron chi connectivity index (χ1n) is 5.05. The normalized spacial score (nSPS) is 28.8. The van der Waals surface area contributed by atoms with Crippen molar-refractivity contribution >= 4 is 0 Å². The smallest absolute Gasteiger partial charge is 0.119 e. The number of nitriles is 1. The van der Waals surface area contributed by atoms with E-state index in [4.69, 9.17) is 5.26 Å². The predicted molar refractivity (Wildman–Crippen MR) is 53.3 cm³/mol. The average Bonchev–Trinajstić information content (AvgIpc) is 2.16. The molecule has 1 saturated heterocycles. The molecule has 0 aromatic carbocycles. The minimum Gasteiger partial charge on any atom is -0.314 e. The molecular formula is C10H19N3. The number of hydrogen-bond donors (Lipinski definition) is 2. The second kappa shape index (κ2) is 4.59. The van der Waals surface area contributed by atoms with Crippen LogP contribution in [0.4, 0.5) is 0 Å². The summed E-state index contributed by atoms with van der Waals surface area (Å²) in [5, 5.41) is 15.7. The Morgan fingerprint density at radius 3 is 2.85 bits per heavy atom. The van der Waals surface area contributed by atoms with Crippen LogP contribution in [0.1, 0.15) is 26.7 Å². The van der Waals surface area contributed by atoms with Crippen molar-refractivity contribution in [2.45, 2.75) is 32.2 Å². The standard InChI is InChI=1S/C10H19N3/c1-9(2)6-13-10(7-11)4-3-5-12-8-10/h9,12-13H,3-6,8H2,1-2H3. The molecule has 3 nitrogen and oxygen atoms in total. The molecule has 0 spiro atoms. The second-order valence-electron chi connectivity index (χ2n) is 4.25. The molecule has 0 amide bonds. The molecule has 1 unspecified atom stereocenters. The van der Waals surface area contributed by atoms with E-state index in [-0.39, 0.29) is 5.54 Å². The van der Waals surface area contributed by atoms with Crippen LogP contribution in [0.25, 0.3) is 0 Å². The van der Waals surface area contributed by atoms with Gasteiger partial charge in [-0.15, -0.1) is 0 Å². The Morgan fingerprint density at radius 2 is 2.38 bits per heavy atom. The van der Waals surface area contributed by atoms with Gasteiger partial charge in [0.05, 0.1) is 6.07 Å². The predicted octanol–water partition coefficient (Wildman–Crippen LogP) is 0.878. The molecule has 1 fully saturated rings. The lowest BCUT2D eigenvalue weighted by atomic mass is 9.91. The van der Waals surface area contributed by atoms with Crippen molar-refractivity contribution in [3.05, 3.63) is 0 Å². The highest BCUT2D eigenvalue weighted by molar-refractivity contribution is 5.10. The second-order valence-corrected chi connectivity index (χ2v) is 4.25. The highest BCUT2D eigenvalue weighted by Gasteiger charge is 2.31. The number of nitrogens with zero attached hydrogens (tertiary/aromatic N) is 1. The molecular weight excluding hydrogens is 162 g/mol. The molecule has 13 heavy (non-hydrogen) atoms. The molecule has 0 aliphatic carbocycles. The highest BCUT2D eigenvalue weighted by atomic mass is 15.0. The summed E-state index contributed by atoms with van der Waals surface area (Å²) >= 11 is 0. The number of piperidine rings is 1. The zero-order valence-corrected chi connectivity index (χ0v) is 8.56. The molecule has 0 aromatic rings. The average molecular weight is 181 g/mol. The Hall–Kier alpha value is -0.590. The van der Waals surface area contributed by atoms with E-state index in [1.165, 1.54) is 0 Å². The van der Waals surface area contributed by atoms with Gasteiger partial charge in [0.25, 0.3) is 0 Å². The third-order valence-electron chi connectivity index (χ3n) is 2.45. The zero-order valence-electron chi connectivity index (χ0n) is 8.56. The van der Waals surface area contributed by atoms with Crippen LogP contribution < -0.4 is 10.6 Å². The van der Waals surface area contributed by atoms with Crippen molar-refractivity contribution in [3.63, 3.8) is 0 Å². The summed E-state index contributed by atoms with van der Waals surface area (Å²) < 4.78 is 0. The van der Waals surface area contributed by atoms with E-state index in [1.807, 2.05) is 0 Å². The molecule has 1 atom stereocenters. The molecule has 1 rings (SSSR count). The summed E-state index contributed by atoms with van der Waals surface area (Å²) in [6.45, 7) is 7.08. The third kappa shape index (κ3) is 2.98. The summed E-state index contributed by atoms with van der Waals surface area (Å²) in [5.41, 5.74) is -0.303. The summed E-state index contributed by atoms with van der Waals surface area (Å²) in [4.78, 5) is 0. The minimum atomic E-state index is -0.303. The van der Waals surface area contributed by atoms with Gasteiger partial charge in [-0.05, 0) is 31.8 Å². The molecule has 0 bridgehead atoms. The van der Waals surface area contributed by atoms with Crippen LogP contribution in [-0.4, -0.2) is 25.2 Å². The van der Waals surface area contributed by atoms with Gasteiger partial charge in [-0.1, -0.05) is 13.8 Å². The van der Waals surface area contributed by atoms with E-state index in [2.05, 4.69) is 30.6 Å². The molecule has 1 aliphatic heterocycles. The van der Waals surface area contributed by atoms with E-state index < -0.39 is 0 Å². The van der Waals surface area contributed by atoms with Gasteiger partial charge in [-0.3, -0.25) is 5.32 Å². The molecule has 3 heteroatoms. The molecule has 0 aromatic heterocycles. The molecule has 74 valence electrons. The van der Waals surface area contributed by atoms with Crippen molar-refractivity contribution in [2.75, 3.05) is 19.6 Å². The largest absolute Gasteiger partial charge is 0.314 e. The van der Waals surface area contributed by atoms with E-state index in [1.54, 1.807) is 0 Å². The summed E-state index contributed by atoms with van der Waals surface area (Å²) in [5.74, 6) is 0.604. The van der Waals surface area contributed by atoms with E-state index in [9.17, 15) is 0 Å². The number of nitrogens with one attached hydrogen (secondary N) is 2. The first-order valence-corrected chi connectivity index (χ1v) is 5.05. The van der Waals surface area contributed by atoms with Gasteiger partial charge in [0.2, 0.25) is 0 Å². The highest BCUT2D eigenvalue weighted by Crippen LogP contribution is 2.15. The Labute approximate surface area is 80.5 Å². The van der Waals surface area contributed by atoms with Gasteiger partial charge >= 0.3 is 0 Å². The van der Waals surface area contributed by atoms with Crippen molar-refractivity contribution in [2.24, 2.45) is 5.92 Å². The molecule has 1 heterocycles. The van der Waals surface area contributed by atoms with Crippen molar-refractivity contribution < 1.29 is 0 Å². The quantitative estimate of drug-likeness (QED) is 0.679. The van der Waals surface area contributed by atoms with Gasteiger partial charge < -0.3 is 5.32 Å². The fourth-order valence-corrected chi connectivity index (χ4v) is 1.59. The maximum atomic E-state index is 9.10. The Kier molecular flexibility index (Phi) is 3.71. The van der Waals surface area contributed by atoms with Crippen LogP contribution in [0.15, 0.2) is 0 Å². The summed E-state index contributed by atoms with van der Waals surface area (Å²) in [7, 11) is 0. The minimum absolute atomic E-state index is 0.303. The lowest BCUT2D eigenvalue weighted by Crippen LogP contribution is -2.55. The number of hydrogen-bond acceptors (Lipinski definition) is 3. The monoisotopic (exact) mass is 181 g/mol. The SMILES string of the molecule is CC(C)CNC1(C#N)CCCNC1. The maximum Gasteiger partial charge on any atom is 0.119 e. The third-order valence-corrected chi connectivity index (χ3v) is 2.45. The van der Waals surface area contributed by atoms with Crippen molar-refractivity contribution in [3.8, 4) is 6.07 Å². The Balaban J connectivity index is 2.44. The van der Waals surface area contributed by atoms with Crippen LogP contribution in [-0.2, 0) is 0 Å². The van der Waals surface area contributed by atoms with Crippen molar-refractivity contribution in [1.29, 1.82) is 5.26 Å². The summed E-state index contributed by atoms with van der Waals surface area (Å²) in [6.07, 6.45) is 2.07. The van der Waals surface area contributed by atoms with E-state index in [0.29, 0.717) is 5.92 Å². The van der Waals surface area contributed by atoms with Crippen LogP contribution in [0.3, 0.4) is 0 Å². The molecule has 1 aliphatic rings. The fourth-order valence-electron chi connectivity index (χ4n) is 1.59. The first kappa shape index (κ1) is 10.5. The van der Waals surface area contributed by atoms with Crippen LogP contribution in [0.5, 0.6) is 0 Å². The van der Waals surface area contributed by atoms with Crippen LogP contribution in [0, 0.1) is 17.2 Å². The lowest BCUT2D eigenvalue weighted by molar-refractivity contribution is 0.303. The zero-order chi connectivity index (χ0) is 9.73. The molecule has 0 radical (unpaired) electrons. The van der Waals surface area contributed by atoms with Gasteiger partial charge in [-0.25, -0.2) is 0 Å². The van der Waals surface area contributed by atoms with E-state index >= 15 is 0 Å². The van der Waals surface area contributed by atoms with Gasteiger partial charge in [0, 0.05) is 6.54 Å². The van der Waals surface area contributed by atoms with Gasteiger partial charge in [-0.2, -0.15) is 5.26 Å². The first-order chi connectivity index (χ1) is 6.18. The molecule has 2 N–H and O–H groups in total. The van der Waals surface area contributed by atoms with Crippen molar-refractivity contribution in [1.82, 2.24) is 10.6 Å². The summed E-state index contributed by atoms with van der Waals surface area (Å²) in [6, 6.07) is 2.40.